The van der Waals surface area contributed by atoms with Gasteiger partial charge in [0.25, 0.3) is 5.91 Å². The fourth-order valence-electron chi connectivity index (χ4n) is 1.88. The zero-order valence-electron chi connectivity index (χ0n) is 12.4. The molecule has 4 nitrogen and oxygen atoms in total. The number of rotatable bonds is 6. The van der Waals surface area contributed by atoms with Gasteiger partial charge in [0.15, 0.2) is 0 Å². The maximum Gasteiger partial charge on any atom is 0.387 e. The van der Waals surface area contributed by atoms with Crippen molar-refractivity contribution in [2.24, 2.45) is 5.41 Å². The Morgan fingerprint density at radius 3 is 2.29 bits per heavy atom. The smallest absolute Gasteiger partial charge is 0.387 e. The van der Waals surface area contributed by atoms with Crippen molar-refractivity contribution in [1.82, 2.24) is 5.32 Å². The predicted octanol–water partition coefficient (Wildman–Crippen LogP) is 2.81. The number of carbonyl (C=O) groups excluding carboxylic acids is 1. The van der Waals surface area contributed by atoms with Crippen LogP contribution in [-0.2, 0) is 0 Å². The van der Waals surface area contributed by atoms with E-state index in [0.717, 1.165) is 0 Å². The van der Waals surface area contributed by atoms with Gasteiger partial charge in [0.05, 0.1) is 0 Å². The number of aliphatic hydroxyl groups is 1. The molecule has 1 rings (SSSR count). The highest BCUT2D eigenvalue weighted by molar-refractivity contribution is 5.94. The fourth-order valence-corrected chi connectivity index (χ4v) is 1.88. The first-order chi connectivity index (χ1) is 9.74. The molecule has 1 unspecified atom stereocenters. The van der Waals surface area contributed by atoms with Crippen LogP contribution in [0, 0.1) is 5.41 Å². The average Bonchev–Trinajstić information content (AvgIpc) is 2.37. The van der Waals surface area contributed by atoms with Crippen molar-refractivity contribution in [2.75, 3.05) is 6.61 Å². The first-order valence-electron chi connectivity index (χ1n) is 6.70. The summed E-state index contributed by atoms with van der Waals surface area (Å²) in [7, 11) is 0. The van der Waals surface area contributed by atoms with Gasteiger partial charge in [-0.3, -0.25) is 4.79 Å². The van der Waals surface area contributed by atoms with Crippen LogP contribution in [0.1, 0.15) is 37.6 Å². The van der Waals surface area contributed by atoms with E-state index in [0.29, 0.717) is 12.0 Å². The van der Waals surface area contributed by atoms with Gasteiger partial charge in [0, 0.05) is 18.2 Å². The van der Waals surface area contributed by atoms with Gasteiger partial charge >= 0.3 is 6.61 Å². The summed E-state index contributed by atoms with van der Waals surface area (Å²) in [5.74, 6) is -0.309. The monoisotopic (exact) mass is 301 g/mol. The maximum absolute atomic E-state index is 12.1. The number of alkyl halides is 2. The van der Waals surface area contributed by atoms with Crippen LogP contribution in [-0.4, -0.2) is 30.3 Å². The molecule has 0 aliphatic heterocycles. The summed E-state index contributed by atoms with van der Waals surface area (Å²) in [6, 6.07) is 5.29. The van der Waals surface area contributed by atoms with Crippen molar-refractivity contribution in [1.29, 1.82) is 0 Å². The summed E-state index contributed by atoms with van der Waals surface area (Å²) in [6.45, 7) is 2.98. The van der Waals surface area contributed by atoms with Crippen molar-refractivity contribution in [3.8, 4) is 5.75 Å². The molecule has 0 radical (unpaired) electrons. The maximum atomic E-state index is 12.1. The van der Waals surface area contributed by atoms with E-state index in [2.05, 4.69) is 10.1 Å². The number of ether oxygens (including phenoxy) is 1. The van der Waals surface area contributed by atoms with Crippen molar-refractivity contribution in [2.45, 2.75) is 39.8 Å². The molecule has 0 saturated heterocycles. The molecule has 0 fully saturated rings. The normalized spacial score (nSPS) is 13.1. The molecular weight excluding hydrogens is 280 g/mol. The summed E-state index contributed by atoms with van der Waals surface area (Å²) >= 11 is 0. The Balaban J connectivity index is 2.74. The molecule has 2 N–H and O–H groups in total. The fraction of sp³-hybridized carbons (Fsp3) is 0.533. The van der Waals surface area contributed by atoms with E-state index < -0.39 is 6.61 Å². The third-order valence-electron chi connectivity index (χ3n) is 3.11. The van der Waals surface area contributed by atoms with E-state index >= 15 is 0 Å². The SMILES string of the molecule is CC(C)(C)C(CCO)NC(=O)c1ccc(OC(F)F)cc1. The third kappa shape index (κ3) is 5.67. The van der Waals surface area contributed by atoms with Crippen molar-refractivity contribution >= 4 is 5.91 Å². The summed E-state index contributed by atoms with van der Waals surface area (Å²) in [6.07, 6.45) is 0.446. The molecule has 0 bridgehead atoms. The van der Waals surface area contributed by atoms with E-state index in [-0.39, 0.29) is 29.7 Å². The highest BCUT2D eigenvalue weighted by Crippen LogP contribution is 2.22. The number of amides is 1. The van der Waals surface area contributed by atoms with Crippen LogP contribution in [0.4, 0.5) is 8.78 Å². The topological polar surface area (TPSA) is 58.6 Å². The molecular formula is C15H21F2NO3. The summed E-state index contributed by atoms with van der Waals surface area (Å²) in [5.41, 5.74) is 0.153. The Bertz CT molecular complexity index is 455. The van der Waals surface area contributed by atoms with Gasteiger partial charge < -0.3 is 15.2 Å². The molecule has 1 aromatic rings. The lowest BCUT2D eigenvalue weighted by Crippen LogP contribution is -2.44. The molecule has 0 spiro atoms. The predicted molar refractivity (Wildman–Crippen MR) is 75.5 cm³/mol. The Hall–Kier alpha value is -1.69. The first kappa shape index (κ1) is 17.4. The van der Waals surface area contributed by atoms with Crippen LogP contribution in [0.2, 0.25) is 0 Å². The molecule has 1 amide bonds. The minimum absolute atomic E-state index is 0.00396. The molecule has 1 atom stereocenters. The number of carbonyl (C=O) groups is 1. The molecule has 6 heteroatoms. The number of hydrogen-bond donors (Lipinski definition) is 2. The molecule has 21 heavy (non-hydrogen) atoms. The summed E-state index contributed by atoms with van der Waals surface area (Å²) in [5, 5.41) is 11.9. The molecule has 0 saturated carbocycles. The van der Waals surface area contributed by atoms with Crippen LogP contribution in [0.25, 0.3) is 0 Å². The van der Waals surface area contributed by atoms with Gasteiger partial charge in [0.2, 0.25) is 0 Å². The van der Waals surface area contributed by atoms with Gasteiger partial charge in [-0.1, -0.05) is 20.8 Å². The second-order valence-corrected chi connectivity index (χ2v) is 5.81. The highest BCUT2D eigenvalue weighted by atomic mass is 19.3. The number of aliphatic hydroxyl groups excluding tert-OH is 1. The minimum Gasteiger partial charge on any atom is -0.435 e. The van der Waals surface area contributed by atoms with Gasteiger partial charge in [-0.2, -0.15) is 8.78 Å². The Morgan fingerprint density at radius 2 is 1.86 bits per heavy atom. The molecule has 1 aromatic carbocycles. The van der Waals surface area contributed by atoms with E-state index in [1.54, 1.807) is 0 Å². The van der Waals surface area contributed by atoms with Gasteiger partial charge in [-0.05, 0) is 36.1 Å². The zero-order chi connectivity index (χ0) is 16.0. The lowest BCUT2D eigenvalue weighted by molar-refractivity contribution is -0.0498. The Morgan fingerprint density at radius 1 is 1.29 bits per heavy atom. The van der Waals surface area contributed by atoms with Crippen molar-refractivity contribution in [3.63, 3.8) is 0 Å². The van der Waals surface area contributed by atoms with E-state index in [4.69, 9.17) is 5.11 Å². The highest BCUT2D eigenvalue weighted by Gasteiger charge is 2.26. The molecule has 0 aromatic heterocycles. The third-order valence-corrected chi connectivity index (χ3v) is 3.11. The van der Waals surface area contributed by atoms with E-state index in [1.165, 1.54) is 24.3 Å². The largest absolute Gasteiger partial charge is 0.435 e. The molecule has 118 valence electrons. The standard InChI is InChI=1S/C15H21F2NO3/c1-15(2,3)12(8-9-19)18-13(20)10-4-6-11(7-5-10)21-14(16)17/h4-7,12,14,19H,8-9H2,1-3H3,(H,18,20). The van der Waals surface area contributed by atoms with Crippen molar-refractivity contribution < 1.29 is 23.4 Å². The summed E-state index contributed by atoms with van der Waals surface area (Å²) < 4.78 is 28.3. The Kier molecular flexibility index (Phi) is 6.08. The van der Waals surface area contributed by atoms with E-state index in [1.807, 2.05) is 20.8 Å². The number of nitrogens with one attached hydrogen (secondary N) is 1. The Labute approximate surface area is 123 Å². The lowest BCUT2D eigenvalue weighted by atomic mass is 9.85. The number of hydrogen-bond acceptors (Lipinski definition) is 3. The van der Waals surface area contributed by atoms with Crippen LogP contribution >= 0.6 is 0 Å². The van der Waals surface area contributed by atoms with Crippen LogP contribution in [0.15, 0.2) is 24.3 Å². The van der Waals surface area contributed by atoms with Crippen LogP contribution in [0.5, 0.6) is 5.75 Å². The van der Waals surface area contributed by atoms with Crippen LogP contribution < -0.4 is 10.1 Å². The van der Waals surface area contributed by atoms with Crippen molar-refractivity contribution in [3.05, 3.63) is 29.8 Å². The first-order valence-corrected chi connectivity index (χ1v) is 6.70. The van der Waals surface area contributed by atoms with E-state index in [9.17, 15) is 13.6 Å². The van der Waals surface area contributed by atoms with Gasteiger partial charge in [-0.15, -0.1) is 0 Å². The van der Waals surface area contributed by atoms with Crippen LogP contribution in [0.3, 0.4) is 0 Å². The lowest BCUT2D eigenvalue weighted by Gasteiger charge is -2.31. The average molecular weight is 301 g/mol. The molecule has 0 aliphatic carbocycles. The zero-order valence-corrected chi connectivity index (χ0v) is 12.4. The molecule has 0 heterocycles. The quantitative estimate of drug-likeness (QED) is 0.849. The van der Waals surface area contributed by atoms with Gasteiger partial charge in [-0.25, -0.2) is 0 Å². The number of halogens is 2. The summed E-state index contributed by atoms with van der Waals surface area (Å²) in [4.78, 5) is 12.1. The number of benzene rings is 1. The minimum atomic E-state index is -2.89. The molecule has 0 aliphatic rings. The second-order valence-electron chi connectivity index (χ2n) is 5.81. The van der Waals surface area contributed by atoms with Gasteiger partial charge in [0.1, 0.15) is 5.75 Å². The second kappa shape index (κ2) is 7.36.